The molecule has 0 aromatic rings. The summed E-state index contributed by atoms with van der Waals surface area (Å²) < 4.78 is 0. The largest absolute Gasteiger partial charge is 0.302 e. The number of likely N-dealkylation sites (tertiary alicyclic amines) is 1. The van der Waals surface area contributed by atoms with E-state index in [1.54, 1.807) is 11.8 Å². The molecule has 0 N–H and O–H groups in total. The highest BCUT2D eigenvalue weighted by Gasteiger charge is 2.25. The minimum Gasteiger partial charge on any atom is -0.302 e. The van der Waals surface area contributed by atoms with E-state index in [9.17, 15) is 4.79 Å². The first-order chi connectivity index (χ1) is 5.77. The Bertz CT molecular complexity index is 161. The van der Waals surface area contributed by atoms with Gasteiger partial charge in [-0.1, -0.05) is 13.8 Å². The van der Waals surface area contributed by atoms with Crippen molar-refractivity contribution in [3.8, 4) is 0 Å². The predicted octanol–water partition coefficient (Wildman–Crippen LogP) is 1.40. The molecular formula is C9H17NOS. The van der Waals surface area contributed by atoms with Crippen molar-refractivity contribution in [3.05, 3.63) is 0 Å². The third-order valence-electron chi connectivity index (χ3n) is 2.27. The van der Waals surface area contributed by atoms with Crippen molar-refractivity contribution in [1.82, 2.24) is 4.90 Å². The normalized spacial score (nSPS) is 26.2. The van der Waals surface area contributed by atoms with Crippen LogP contribution in [0.2, 0.25) is 0 Å². The van der Waals surface area contributed by atoms with Crippen LogP contribution in [-0.2, 0) is 4.79 Å². The van der Waals surface area contributed by atoms with E-state index in [1.807, 2.05) is 0 Å². The lowest BCUT2D eigenvalue weighted by molar-refractivity contribution is -0.120. The van der Waals surface area contributed by atoms with Crippen molar-refractivity contribution >= 4 is 17.5 Å². The van der Waals surface area contributed by atoms with Crippen LogP contribution < -0.4 is 0 Å². The molecule has 1 rings (SSSR count). The molecule has 1 fully saturated rings. The maximum Gasteiger partial charge on any atom is 0.148 e. The number of nitrogens with zero attached hydrogens (tertiary/aromatic N) is 1. The highest BCUT2D eigenvalue weighted by atomic mass is 32.2. The van der Waals surface area contributed by atoms with Gasteiger partial charge >= 0.3 is 0 Å². The smallest absolute Gasteiger partial charge is 0.148 e. The zero-order chi connectivity index (χ0) is 8.97. The molecular weight excluding hydrogens is 170 g/mol. The summed E-state index contributed by atoms with van der Waals surface area (Å²) in [6, 6.07) is 0. The third-order valence-corrected chi connectivity index (χ3v) is 3.42. The second-order valence-electron chi connectivity index (χ2n) is 3.05. The van der Waals surface area contributed by atoms with Crippen LogP contribution in [0.25, 0.3) is 0 Å². The summed E-state index contributed by atoms with van der Waals surface area (Å²) in [6.07, 6.45) is 0.755. The number of ketones is 1. The van der Waals surface area contributed by atoms with E-state index in [0.717, 1.165) is 31.8 Å². The summed E-state index contributed by atoms with van der Waals surface area (Å²) in [5, 5.41) is 0.253. The zero-order valence-corrected chi connectivity index (χ0v) is 8.69. The summed E-state index contributed by atoms with van der Waals surface area (Å²) in [5.41, 5.74) is 0. The Morgan fingerprint density at radius 2 is 2.33 bits per heavy atom. The molecule has 0 spiro atoms. The number of rotatable bonds is 3. The van der Waals surface area contributed by atoms with E-state index >= 15 is 0 Å². The maximum absolute atomic E-state index is 11.4. The van der Waals surface area contributed by atoms with Crippen LogP contribution in [0.15, 0.2) is 0 Å². The van der Waals surface area contributed by atoms with Gasteiger partial charge in [-0.3, -0.25) is 4.79 Å². The molecule has 0 aromatic carbocycles. The van der Waals surface area contributed by atoms with Gasteiger partial charge in [-0.2, -0.15) is 0 Å². The van der Waals surface area contributed by atoms with Crippen molar-refractivity contribution in [3.63, 3.8) is 0 Å². The Morgan fingerprint density at radius 1 is 1.58 bits per heavy atom. The van der Waals surface area contributed by atoms with E-state index < -0.39 is 0 Å². The Hall–Kier alpha value is -0.0200. The van der Waals surface area contributed by atoms with Crippen molar-refractivity contribution in [1.29, 1.82) is 0 Å². The number of hydrogen-bond acceptors (Lipinski definition) is 3. The average molecular weight is 187 g/mol. The van der Waals surface area contributed by atoms with Crippen molar-refractivity contribution in [2.45, 2.75) is 25.5 Å². The molecule has 3 heteroatoms. The van der Waals surface area contributed by atoms with Crippen LogP contribution in [-0.4, -0.2) is 41.3 Å². The van der Waals surface area contributed by atoms with Crippen LogP contribution in [0.5, 0.6) is 0 Å². The summed E-state index contributed by atoms with van der Waals surface area (Å²) in [4.78, 5) is 13.8. The molecule has 1 unspecified atom stereocenters. The average Bonchev–Trinajstić information content (AvgIpc) is 2.09. The fourth-order valence-electron chi connectivity index (χ4n) is 1.49. The van der Waals surface area contributed by atoms with E-state index in [2.05, 4.69) is 18.7 Å². The number of hydrogen-bond donors (Lipinski definition) is 0. The van der Waals surface area contributed by atoms with E-state index in [0.29, 0.717) is 5.78 Å². The van der Waals surface area contributed by atoms with Gasteiger partial charge in [0, 0.05) is 19.5 Å². The van der Waals surface area contributed by atoms with Crippen LogP contribution in [0.3, 0.4) is 0 Å². The van der Waals surface area contributed by atoms with Crippen LogP contribution in [0.1, 0.15) is 20.3 Å². The first-order valence-electron chi connectivity index (χ1n) is 4.64. The van der Waals surface area contributed by atoms with E-state index in [-0.39, 0.29) is 5.25 Å². The maximum atomic E-state index is 11.4. The lowest BCUT2D eigenvalue weighted by Gasteiger charge is -2.30. The minimum absolute atomic E-state index is 0.253. The topological polar surface area (TPSA) is 20.3 Å². The van der Waals surface area contributed by atoms with Crippen LogP contribution >= 0.6 is 11.8 Å². The Morgan fingerprint density at radius 3 is 2.92 bits per heavy atom. The van der Waals surface area contributed by atoms with Gasteiger partial charge in [-0.15, -0.1) is 11.8 Å². The molecule has 1 heterocycles. The number of piperidine rings is 1. The fraction of sp³-hybridized carbons (Fsp3) is 0.889. The molecule has 0 bridgehead atoms. The highest BCUT2D eigenvalue weighted by Crippen LogP contribution is 2.18. The van der Waals surface area contributed by atoms with Gasteiger partial charge in [0.05, 0.1) is 5.25 Å². The van der Waals surface area contributed by atoms with Gasteiger partial charge in [0.25, 0.3) is 0 Å². The molecule has 70 valence electrons. The predicted molar refractivity (Wildman–Crippen MR) is 53.7 cm³/mol. The first kappa shape index (κ1) is 10.1. The second-order valence-corrected chi connectivity index (χ2v) is 4.53. The molecule has 1 atom stereocenters. The molecule has 0 saturated carbocycles. The molecule has 0 aromatic heterocycles. The van der Waals surface area contributed by atoms with Gasteiger partial charge in [0.15, 0.2) is 0 Å². The number of Topliss-reactive ketones (excluding diaryl/α,β-unsaturated/α-hetero) is 1. The fourth-order valence-corrected chi connectivity index (χ4v) is 2.51. The molecule has 1 aliphatic rings. The standard InChI is InChI=1S/C9H17NOS/c1-3-10-6-5-8(11)9(7-10)12-4-2/h9H,3-7H2,1-2H3. The molecule has 0 amide bonds. The molecule has 0 aliphatic carbocycles. The molecule has 1 saturated heterocycles. The third kappa shape index (κ3) is 2.49. The molecule has 0 radical (unpaired) electrons. The highest BCUT2D eigenvalue weighted by molar-refractivity contribution is 8.00. The van der Waals surface area contributed by atoms with Gasteiger partial charge in [0.1, 0.15) is 5.78 Å². The van der Waals surface area contributed by atoms with E-state index in [1.165, 1.54) is 0 Å². The van der Waals surface area contributed by atoms with Crippen LogP contribution in [0.4, 0.5) is 0 Å². The van der Waals surface area contributed by atoms with Crippen molar-refractivity contribution in [2.75, 3.05) is 25.4 Å². The summed E-state index contributed by atoms with van der Waals surface area (Å²) in [7, 11) is 0. The number of carbonyl (C=O) groups excluding carboxylic acids is 1. The summed E-state index contributed by atoms with van der Waals surface area (Å²) in [6.45, 7) is 7.28. The lowest BCUT2D eigenvalue weighted by atomic mass is 10.1. The second kappa shape index (κ2) is 4.87. The minimum atomic E-state index is 0.253. The summed E-state index contributed by atoms with van der Waals surface area (Å²) in [5.74, 6) is 1.50. The molecule has 12 heavy (non-hydrogen) atoms. The monoisotopic (exact) mass is 187 g/mol. The van der Waals surface area contributed by atoms with Gasteiger partial charge in [0.2, 0.25) is 0 Å². The Balaban J connectivity index is 2.41. The summed E-state index contributed by atoms with van der Waals surface area (Å²) >= 11 is 1.79. The Labute approximate surface area is 78.7 Å². The molecule has 2 nitrogen and oxygen atoms in total. The van der Waals surface area contributed by atoms with E-state index in [4.69, 9.17) is 0 Å². The zero-order valence-electron chi connectivity index (χ0n) is 7.88. The van der Waals surface area contributed by atoms with Crippen molar-refractivity contribution in [2.24, 2.45) is 0 Å². The van der Waals surface area contributed by atoms with Crippen LogP contribution in [0, 0.1) is 0 Å². The quantitative estimate of drug-likeness (QED) is 0.666. The Kier molecular flexibility index (Phi) is 4.09. The van der Waals surface area contributed by atoms with Crippen molar-refractivity contribution < 1.29 is 4.79 Å². The van der Waals surface area contributed by atoms with Gasteiger partial charge in [-0.25, -0.2) is 0 Å². The number of thioether (sulfide) groups is 1. The number of carbonyl (C=O) groups is 1. The van der Waals surface area contributed by atoms with Gasteiger partial charge < -0.3 is 4.90 Å². The SMILES string of the molecule is CCSC1CN(CC)CCC1=O. The first-order valence-corrected chi connectivity index (χ1v) is 5.69. The molecule has 1 aliphatic heterocycles. The van der Waals surface area contributed by atoms with Gasteiger partial charge in [-0.05, 0) is 12.3 Å². The lowest BCUT2D eigenvalue weighted by Crippen LogP contribution is -2.42.